The maximum Gasteiger partial charge on any atom is 0.239 e. The molecule has 1 heterocycles. The van der Waals surface area contributed by atoms with Gasteiger partial charge in [0.15, 0.2) is 0 Å². The van der Waals surface area contributed by atoms with E-state index in [1.165, 1.54) is 14.8 Å². The minimum Gasteiger partial charge on any atom is -0.369 e. The van der Waals surface area contributed by atoms with Gasteiger partial charge in [0.1, 0.15) is 5.75 Å². The highest BCUT2D eigenvalue weighted by Crippen LogP contribution is 2.19. The van der Waals surface area contributed by atoms with Crippen LogP contribution in [-0.2, 0) is 14.8 Å². The minimum atomic E-state index is -3.61. The molecule has 1 aromatic rings. The van der Waals surface area contributed by atoms with E-state index in [-0.39, 0.29) is 30.9 Å². The molecule has 1 aliphatic heterocycles. The summed E-state index contributed by atoms with van der Waals surface area (Å²) in [7, 11) is -2.02. The van der Waals surface area contributed by atoms with E-state index < -0.39 is 21.7 Å². The molecule has 1 aromatic carbocycles. The van der Waals surface area contributed by atoms with E-state index >= 15 is 0 Å². The van der Waals surface area contributed by atoms with Crippen molar-refractivity contribution >= 4 is 46.4 Å². The Morgan fingerprint density at radius 2 is 1.81 bits per heavy atom. The summed E-state index contributed by atoms with van der Waals surface area (Å²) in [5.74, 6) is -0.919. The van der Waals surface area contributed by atoms with Crippen LogP contribution in [0.3, 0.4) is 0 Å². The second-order valence-corrected chi connectivity index (χ2v) is 8.54. The fraction of sp³-hybridized carbons (Fsp3) is 0.588. The first-order valence-corrected chi connectivity index (χ1v) is 10.1. The van der Waals surface area contributed by atoms with E-state index in [4.69, 9.17) is 5.73 Å². The van der Waals surface area contributed by atoms with Crippen LogP contribution in [0.4, 0.5) is 5.69 Å². The van der Waals surface area contributed by atoms with Crippen molar-refractivity contribution in [2.45, 2.75) is 19.9 Å². The lowest BCUT2D eigenvalue weighted by Gasteiger charge is -2.35. The lowest BCUT2D eigenvalue weighted by molar-refractivity contribution is -0.128. The van der Waals surface area contributed by atoms with Gasteiger partial charge in [-0.05, 0) is 31.5 Å². The van der Waals surface area contributed by atoms with Crippen molar-refractivity contribution < 1.29 is 13.2 Å². The number of amides is 1. The zero-order valence-corrected chi connectivity index (χ0v) is 18.4. The number of sulfonamides is 1. The summed E-state index contributed by atoms with van der Waals surface area (Å²) < 4.78 is 26.5. The predicted octanol–water partition coefficient (Wildman–Crippen LogP) is 1.10. The summed E-state index contributed by atoms with van der Waals surface area (Å²) in [6.45, 7) is 6.15. The Hall–Kier alpha value is -1.06. The molecule has 1 aliphatic rings. The van der Waals surface area contributed by atoms with Gasteiger partial charge in [-0.1, -0.05) is 12.1 Å². The number of halogens is 2. The zero-order valence-electron chi connectivity index (χ0n) is 16.0. The molecule has 2 N–H and O–H groups in total. The molecule has 10 heteroatoms. The molecule has 0 radical (unpaired) electrons. The number of nitrogens with zero attached hydrogens (tertiary/aromatic N) is 3. The number of carbonyl (C=O) groups is 1. The molecule has 0 aromatic heterocycles. The molecule has 0 spiro atoms. The van der Waals surface area contributed by atoms with Gasteiger partial charge in [-0.2, -0.15) is 4.31 Å². The van der Waals surface area contributed by atoms with Crippen molar-refractivity contribution in [1.82, 2.24) is 9.21 Å². The molecular formula is C17H30Cl2N4O3S. The van der Waals surface area contributed by atoms with Gasteiger partial charge in [-0.25, -0.2) is 8.42 Å². The van der Waals surface area contributed by atoms with Crippen molar-refractivity contribution in [1.29, 1.82) is 0 Å². The highest BCUT2D eigenvalue weighted by molar-refractivity contribution is 7.89. The summed E-state index contributed by atoms with van der Waals surface area (Å²) in [4.78, 5) is 15.8. The zero-order chi connectivity index (χ0) is 18.6. The van der Waals surface area contributed by atoms with Crippen LogP contribution in [0, 0.1) is 6.92 Å². The van der Waals surface area contributed by atoms with Gasteiger partial charge in [0.05, 0.1) is 0 Å². The van der Waals surface area contributed by atoms with Crippen molar-refractivity contribution in [2.24, 2.45) is 5.73 Å². The van der Waals surface area contributed by atoms with Gasteiger partial charge < -0.3 is 15.5 Å². The first kappa shape index (κ1) is 25.9. The average Bonchev–Trinajstić information content (AvgIpc) is 2.60. The number of piperazine rings is 1. The van der Waals surface area contributed by atoms with Gasteiger partial charge in [-0.3, -0.25) is 4.79 Å². The lowest BCUT2D eigenvalue weighted by Crippen LogP contribution is -2.51. The molecule has 1 atom stereocenters. The van der Waals surface area contributed by atoms with Crippen LogP contribution in [0.5, 0.6) is 0 Å². The Balaban J connectivity index is 0.00000338. The van der Waals surface area contributed by atoms with E-state index in [2.05, 4.69) is 11.0 Å². The summed E-state index contributed by atoms with van der Waals surface area (Å²) in [5, 5.41) is 0. The molecule has 0 aliphatic carbocycles. The summed E-state index contributed by atoms with van der Waals surface area (Å²) >= 11 is 0. The van der Waals surface area contributed by atoms with Crippen molar-refractivity contribution in [3.8, 4) is 0 Å². The van der Waals surface area contributed by atoms with Crippen LogP contribution in [-0.4, -0.2) is 75.1 Å². The third kappa shape index (κ3) is 6.80. The Bertz CT molecular complexity index is 710. The largest absolute Gasteiger partial charge is 0.369 e. The third-order valence-corrected chi connectivity index (χ3v) is 6.46. The maximum absolute atomic E-state index is 12.5. The number of aryl methyl sites for hydroxylation is 1. The Morgan fingerprint density at radius 3 is 2.33 bits per heavy atom. The number of rotatable bonds is 6. The average molecular weight is 441 g/mol. The monoisotopic (exact) mass is 440 g/mol. The number of nitrogens with two attached hydrogens (primary N) is 1. The number of anilines is 1. The van der Waals surface area contributed by atoms with Crippen molar-refractivity contribution in [2.75, 3.05) is 50.4 Å². The molecule has 1 unspecified atom stereocenters. The van der Waals surface area contributed by atoms with Crippen LogP contribution in [0.15, 0.2) is 24.3 Å². The smallest absolute Gasteiger partial charge is 0.239 e. The van der Waals surface area contributed by atoms with E-state index in [9.17, 15) is 13.2 Å². The van der Waals surface area contributed by atoms with Crippen molar-refractivity contribution in [3.05, 3.63) is 29.8 Å². The predicted molar refractivity (Wildman–Crippen MR) is 115 cm³/mol. The van der Waals surface area contributed by atoms with E-state index in [0.29, 0.717) is 32.7 Å². The van der Waals surface area contributed by atoms with Gasteiger partial charge in [0, 0.05) is 51.5 Å². The number of hydrogen-bond donors (Lipinski definition) is 1. The molecule has 156 valence electrons. The fourth-order valence-electron chi connectivity index (χ4n) is 2.80. The number of carbonyl (C=O) groups excluding carboxylic acids is 1. The minimum absolute atomic E-state index is 0. The van der Waals surface area contributed by atoms with Crippen LogP contribution in [0.2, 0.25) is 0 Å². The molecular weight excluding hydrogens is 411 g/mol. The van der Waals surface area contributed by atoms with Gasteiger partial charge in [0.2, 0.25) is 15.9 Å². The molecule has 7 nitrogen and oxygen atoms in total. The molecule has 1 fully saturated rings. The Kier molecular flexibility index (Phi) is 10.6. The molecule has 0 saturated carbocycles. The topological polar surface area (TPSA) is 87.0 Å². The fourth-order valence-corrected chi connectivity index (χ4v) is 4.22. The van der Waals surface area contributed by atoms with Gasteiger partial charge >= 0.3 is 0 Å². The second-order valence-electron chi connectivity index (χ2n) is 6.57. The van der Waals surface area contributed by atoms with Gasteiger partial charge in [-0.15, -0.1) is 24.8 Å². The van der Waals surface area contributed by atoms with Crippen LogP contribution >= 0.6 is 24.8 Å². The molecule has 2 rings (SSSR count). The number of benzene rings is 1. The first-order chi connectivity index (χ1) is 11.7. The van der Waals surface area contributed by atoms with E-state index in [1.54, 1.807) is 14.0 Å². The maximum atomic E-state index is 12.5. The molecule has 0 bridgehead atoms. The molecule has 1 amide bonds. The number of likely N-dealkylation sites (N-methyl/N-ethyl adjacent to an activating group) is 1. The van der Waals surface area contributed by atoms with Crippen LogP contribution in [0.1, 0.15) is 12.5 Å². The van der Waals surface area contributed by atoms with Crippen LogP contribution in [0.25, 0.3) is 0 Å². The second kappa shape index (κ2) is 11.1. The van der Waals surface area contributed by atoms with E-state index in [1.807, 2.05) is 25.1 Å². The van der Waals surface area contributed by atoms with E-state index in [0.717, 1.165) is 5.69 Å². The quantitative estimate of drug-likeness (QED) is 0.715. The molecule has 1 saturated heterocycles. The summed E-state index contributed by atoms with van der Waals surface area (Å²) in [5.41, 5.74) is 7.82. The van der Waals surface area contributed by atoms with Crippen molar-refractivity contribution in [3.63, 3.8) is 0 Å². The SMILES string of the molecule is Cc1cccc(N2CCN(S(=O)(=O)CC(=O)N(C)C(C)CN)CC2)c1.Cl.Cl. The number of hydrogen-bond acceptors (Lipinski definition) is 5. The van der Waals surface area contributed by atoms with Crippen LogP contribution < -0.4 is 10.6 Å². The highest BCUT2D eigenvalue weighted by atomic mass is 35.5. The third-order valence-electron chi connectivity index (χ3n) is 4.70. The standard InChI is InChI=1S/C17H28N4O3S.2ClH/c1-14-5-4-6-16(11-14)20-7-9-21(10-8-20)25(23,24)13-17(22)19(3)15(2)12-18;;/h4-6,11,15H,7-10,12-13,18H2,1-3H3;2*1H. The summed E-state index contributed by atoms with van der Waals surface area (Å²) in [6, 6.07) is 7.98. The highest BCUT2D eigenvalue weighted by Gasteiger charge is 2.30. The first-order valence-electron chi connectivity index (χ1n) is 8.50. The normalized spacial score (nSPS) is 16.1. The molecule has 27 heavy (non-hydrogen) atoms. The van der Waals surface area contributed by atoms with Gasteiger partial charge in [0.25, 0.3) is 0 Å². The Morgan fingerprint density at radius 1 is 1.22 bits per heavy atom. The summed E-state index contributed by atoms with van der Waals surface area (Å²) in [6.07, 6.45) is 0. The Labute approximate surface area is 174 Å². The lowest BCUT2D eigenvalue weighted by atomic mass is 10.2.